The first-order valence-electron chi connectivity index (χ1n) is 6.78. The Hall–Kier alpha value is -1.69. The number of aromatic nitrogens is 2. The van der Waals surface area contributed by atoms with Gasteiger partial charge in [-0.15, -0.1) is 0 Å². The van der Waals surface area contributed by atoms with Crippen molar-refractivity contribution in [3.63, 3.8) is 0 Å². The van der Waals surface area contributed by atoms with Crippen LogP contribution >= 0.6 is 0 Å². The number of carbonyl (C=O) groups is 1. The van der Waals surface area contributed by atoms with Crippen molar-refractivity contribution >= 4 is 11.9 Å². The number of H-pyrrole nitrogens is 1. The summed E-state index contributed by atoms with van der Waals surface area (Å²) in [4.78, 5) is 30.8. The van der Waals surface area contributed by atoms with Crippen LogP contribution in [0.1, 0.15) is 36.9 Å². The van der Waals surface area contributed by atoms with E-state index in [-0.39, 0.29) is 17.4 Å². The third-order valence-corrected chi connectivity index (χ3v) is 3.66. The van der Waals surface area contributed by atoms with Gasteiger partial charge in [-0.2, -0.15) is 0 Å². The van der Waals surface area contributed by atoms with E-state index in [1.807, 2.05) is 0 Å². The summed E-state index contributed by atoms with van der Waals surface area (Å²) in [5.41, 5.74) is 1.45. The summed E-state index contributed by atoms with van der Waals surface area (Å²) >= 11 is 0. The van der Waals surface area contributed by atoms with E-state index in [9.17, 15) is 9.59 Å². The summed E-state index contributed by atoms with van der Waals surface area (Å²) < 4.78 is 5.30. The van der Waals surface area contributed by atoms with Gasteiger partial charge >= 0.3 is 0 Å². The highest BCUT2D eigenvalue weighted by atomic mass is 16.5. The highest BCUT2D eigenvalue weighted by molar-refractivity contribution is 5.92. The van der Waals surface area contributed by atoms with Crippen molar-refractivity contribution in [3.8, 4) is 0 Å². The first kappa shape index (κ1) is 12.3. The minimum atomic E-state index is -0.415. The molecule has 1 aliphatic heterocycles. The monoisotopic (exact) mass is 263 g/mol. The lowest BCUT2D eigenvalue weighted by Gasteiger charge is -2.15. The molecule has 0 aromatic carbocycles. The van der Waals surface area contributed by atoms with Gasteiger partial charge in [0.05, 0.1) is 5.69 Å². The number of hydrogen-bond donors (Lipinski definition) is 2. The number of ether oxygens (including phenoxy) is 1. The van der Waals surface area contributed by atoms with Crippen LogP contribution in [0.3, 0.4) is 0 Å². The summed E-state index contributed by atoms with van der Waals surface area (Å²) in [6.45, 7) is 0.617. The molecule has 1 aromatic heterocycles. The third kappa shape index (κ3) is 2.53. The Bertz CT molecular complexity index is 547. The second kappa shape index (κ2) is 5.13. The molecule has 0 bridgehead atoms. The van der Waals surface area contributed by atoms with E-state index in [1.54, 1.807) is 0 Å². The third-order valence-electron chi connectivity index (χ3n) is 3.66. The van der Waals surface area contributed by atoms with Crippen molar-refractivity contribution < 1.29 is 9.53 Å². The molecule has 0 spiro atoms. The molecule has 3 rings (SSSR count). The normalized spacial score (nSPS) is 22.0. The highest BCUT2D eigenvalue weighted by Crippen LogP contribution is 2.17. The van der Waals surface area contributed by atoms with Crippen molar-refractivity contribution in [1.82, 2.24) is 9.97 Å². The number of aryl methyl sites for hydroxylation is 1. The molecule has 0 saturated carbocycles. The molecule has 1 fully saturated rings. The van der Waals surface area contributed by atoms with Crippen LogP contribution in [0.2, 0.25) is 0 Å². The van der Waals surface area contributed by atoms with Crippen molar-refractivity contribution in [1.29, 1.82) is 0 Å². The van der Waals surface area contributed by atoms with E-state index in [0.29, 0.717) is 6.61 Å². The van der Waals surface area contributed by atoms with Gasteiger partial charge in [-0.25, -0.2) is 4.98 Å². The minimum absolute atomic E-state index is 0.132. The van der Waals surface area contributed by atoms with Gasteiger partial charge < -0.3 is 4.74 Å². The summed E-state index contributed by atoms with van der Waals surface area (Å²) in [6, 6.07) is 0. The molecule has 2 aliphatic rings. The van der Waals surface area contributed by atoms with Crippen molar-refractivity contribution in [2.24, 2.45) is 0 Å². The SMILES string of the molecule is O=C(Nc1nc2c(c(=O)[nH]1)CCCC2)[C@H]1CCCO1. The first-order chi connectivity index (χ1) is 9.24. The average Bonchev–Trinajstić information content (AvgIpc) is 2.93. The molecular weight excluding hydrogens is 246 g/mol. The molecule has 6 nitrogen and oxygen atoms in total. The van der Waals surface area contributed by atoms with Gasteiger partial charge in [-0.3, -0.25) is 19.9 Å². The number of rotatable bonds is 2. The van der Waals surface area contributed by atoms with Crippen LogP contribution < -0.4 is 10.9 Å². The Morgan fingerprint density at radius 2 is 2.16 bits per heavy atom. The van der Waals surface area contributed by atoms with E-state index in [4.69, 9.17) is 4.74 Å². The van der Waals surface area contributed by atoms with Crippen LogP contribution in [-0.4, -0.2) is 28.6 Å². The molecule has 1 aromatic rings. The van der Waals surface area contributed by atoms with Gasteiger partial charge in [0.15, 0.2) is 0 Å². The predicted octanol–water partition coefficient (Wildman–Crippen LogP) is 0.766. The topological polar surface area (TPSA) is 84.1 Å². The molecule has 6 heteroatoms. The van der Waals surface area contributed by atoms with Crippen molar-refractivity contribution in [2.45, 2.75) is 44.6 Å². The minimum Gasteiger partial charge on any atom is -0.368 e. The number of anilines is 1. The van der Waals surface area contributed by atoms with Crippen LogP contribution in [0.15, 0.2) is 4.79 Å². The van der Waals surface area contributed by atoms with Crippen LogP contribution in [0, 0.1) is 0 Å². The van der Waals surface area contributed by atoms with Gasteiger partial charge in [-0.05, 0) is 38.5 Å². The first-order valence-corrected chi connectivity index (χ1v) is 6.78. The lowest BCUT2D eigenvalue weighted by atomic mass is 9.97. The fraction of sp³-hybridized carbons (Fsp3) is 0.615. The number of nitrogens with one attached hydrogen (secondary N) is 2. The van der Waals surface area contributed by atoms with Gasteiger partial charge in [0.2, 0.25) is 5.95 Å². The van der Waals surface area contributed by atoms with Gasteiger partial charge in [0.25, 0.3) is 11.5 Å². The summed E-state index contributed by atoms with van der Waals surface area (Å²) in [5.74, 6) is 0.0163. The smallest absolute Gasteiger partial charge is 0.255 e. The maximum Gasteiger partial charge on any atom is 0.255 e. The summed E-state index contributed by atoms with van der Waals surface area (Å²) in [5, 5.41) is 2.64. The maximum atomic E-state index is 11.9. The highest BCUT2D eigenvalue weighted by Gasteiger charge is 2.24. The van der Waals surface area contributed by atoms with E-state index in [0.717, 1.165) is 49.8 Å². The summed E-state index contributed by atoms with van der Waals surface area (Å²) in [7, 11) is 0. The number of aromatic amines is 1. The lowest BCUT2D eigenvalue weighted by molar-refractivity contribution is -0.124. The fourth-order valence-electron chi connectivity index (χ4n) is 2.64. The Balaban J connectivity index is 1.79. The Morgan fingerprint density at radius 3 is 2.95 bits per heavy atom. The molecule has 19 heavy (non-hydrogen) atoms. The molecule has 1 saturated heterocycles. The van der Waals surface area contributed by atoms with Crippen molar-refractivity contribution in [2.75, 3.05) is 11.9 Å². The molecule has 102 valence electrons. The zero-order chi connectivity index (χ0) is 13.2. The summed E-state index contributed by atoms with van der Waals surface area (Å²) in [6.07, 6.45) is 4.86. The molecule has 0 radical (unpaired) electrons. The van der Waals surface area contributed by atoms with E-state index < -0.39 is 6.10 Å². The lowest BCUT2D eigenvalue weighted by Crippen LogP contribution is -2.30. The van der Waals surface area contributed by atoms with Crippen LogP contribution in [0.4, 0.5) is 5.95 Å². The van der Waals surface area contributed by atoms with Gasteiger partial charge in [-0.1, -0.05) is 0 Å². The Morgan fingerprint density at radius 1 is 1.32 bits per heavy atom. The van der Waals surface area contributed by atoms with Gasteiger partial charge in [0, 0.05) is 12.2 Å². The molecule has 1 amide bonds. The molecule has 1 atom stereocenters. The molecule has 2 heterocycles. The molecule has 2 N–H and O–H groups in total. The molecule has 1 aliphatic carbocycles. The number of fused-ring (bicyclic) bond motifs is 1. The quantitative estimate of drug-likeness (QED) is 0.825. The fourth-order valence-corrected chi connectivity index (χ4v) is 2.64. The number of carbonyl (C=O) groups excluding carboxylic acids is 1. The van der Waals surface area contributed by atoms with Crippen LogP contribution in [0.5, 0.6) is 0 Å². The second-order valence-electron chi connectivity index (χ2n) is 5.04. The Labute approximate surface area is 110 Å². The standard InChI is InChI=1S/C13H17N3O3/c17-11-8-4-1-2-5-9(8)14-13(15-11)16-12(18)10-6-3-7-19-10/h10H,1-7H2,(H2,14,15,16,17,18)/t10-/m1/s1. The molecular formula is C13H17N3O3. The average molecular weight is 263 g/mol. The van der Waals surface area contributed by atoms with E-state index >= 15 is 0 Å². The number of hydrogen-bond acceptors (Lipinski definition) is 4. The largest absolute Gasteiger partial charge is 0.368 e. The van der Waals surface area contributed by atoms with Crippen LogP contribution in [-0.2, 0) is 22.4 Å². The zero-order valence-corrected chi connectivity index (χ0v) is 10.7. The predicted molar refractivity (Wildman–Crippen MR) is 69.1 cm³/mol. The second-order valence-corrected chi connectivity index (χ2v) is 5.04. The van der Waals surface area contributed by atoms with Crippen molar-refractivity contribution in [3.05, 3.63) is 21.6 Å². The number of nitrogens with zero attached hydrogens (tertiary/aromatic N) is 1. The Kier molecular flexibility index (Phi) is 3.33. The van der Waals surface area contributed by atoms with Crippen LogP contribution in [0.25, 0.3) is 0 Å². The molecule has 0 unspecified atom stereocenters. The maximum absolute atomic E-state index is 11.9. The van der Waals surface area contributed by atoms with E-state index in [1.165, 1.54) is 0 Å². The zero-order valence-electron chi connectivity index (χ0n) is 10.7. The van der Waals surface area contributed by atoms with Gasteiger partial charge in [0.1, 0.15) is 6.10 Å². The number of amides is 1. The van der Waals surface area contributed by atoms with E-state index in [2.05, 4.69) is 15.3 Å².